The summed E-state index contributed by atoms with van der Waals surface area (Å²) in [6, 6.07) is 17.9. The molecule has 0 saturated heterocycles. The highest BCUT2D eigenvalue weighted by molar-refractivity contribution is 6.07. The number of aryl methyl sites for hydroxylation is 1. The first-order valence-corrected chi connectivity index (χ1v) is 13.9. The highest BCUT2D eigenvalue weighted by Gasteiger charge is 2.34. The topological polar surface area (TPSA) is 103 Å². The summed E-state index contributed by atoms with van der Waals surface area (Å²) in [7, 11) is 3.56. The monoisotopic (exact) mass is 556 g/mol. The van der Waals surface area contributed by atoms with E-state index in [1.54, 1.807) is 37.4 Å². The van der Waals surface area contributed by atoms with Gasteiger partial charge in [-0.3, -0.25) is 4.79 Å². The van der Waals surface area contributed by atoms with E-state index in [1.807, 2.05) is 31.3 Å². The number of fused-ring (bicyclic) bond motifs is 2. The first-order chi connectivity index (χ1) is 19.9. The van der Waals surface area contributed by atoms with Crippen molar-refractivity contribution in [3.05, 3.63) is 77.5 Å². The molecule has 1 atom stereocenters. The lowest BCUT2D eigenvalue weighted by atomic mass is 9.99. The van der Waals surface area contributed by atoms with Crippen LogP contribution in [0, 0.1) is 6.92 Å². The molecule has 0 saturated carbocycles. The fourth-order valence-corrected chi connectivity index (χ4v) is 5.29. The van der Waals surface area contributed by atoms with E-state index in [0.29, 0.717) is 35.7 Å². The van der Waals surface area contributed by atoms with Crippen molar-refractivity contribution in [1.29, 1.82) is 0 Å². The van der Waals surface area contributed by atoms with E-state index in [0.717, 1.165) is 53.2 Å². The quantitative estimate of drug-likeness (QED) is 0.202. The highest BCUT2D eigenvalue weighted by atomic mass is 16.5. The Kier molecular flexibility index (Phi) is 8.45. The average molecular weight is 557 g/mol. The molecule has 9 nitrogen and oxygen atoms in total. The van der Waals surface area contributed by atoms with E-state index in [-0.39, 0.29) is 5.78 Å². The second-order valence-corrected chi connectivity index (χ2v) is 9.99. The van der Waals surface area contributed by atoms with E-state index in [1.165, 1.54) is 0 Å². The molecule has 41 heavy (non-hydrogen) atoms. The first kappa shape index (κ1) is 28.0. The number of hydrogen-bond acceptors (Lipinski definition) is 6. The molecule has 1 aliphatic rings. The Labute approximate surface area is 239 Å². The minimum Gasteiger partial charge on any atom is -0.497 e. The van der Waals surface area contributed by atoms with Crippen LogP contribution in [0.1, 0.15) is 35.0 Å². The number of anilines is 2. The predicted molar refractivity (Wildman–Crippen MR) is 161 cm³/mol. The van der Waals surface area contributed by atoms with Crippen LogP contribution in [0.15, 0.2) is 60.7 Å². The van der Waals surface area contributed by atoms with Gasteiger partial charge in [0.15, 0.2) is 6.10 Å². The third-order valence-corrected chi connectivity index (χ3v) is 7.38. The lowest BCUT2D eigenvalue weighted by molar-refractivity contribution is 0.0858. The van der Waals surface area contributed by atoms with E-state index in [4.69, 9.17) is 14.2 Å². The van der Waals surface area contributed by atoms with Crippen LogP contribution < -0.4 is 30.2 Å². The molecule has 1 aliphatic heterocycles. The van der Waals surface area contributed by atoms with Gasteiger partial charge < -0.3 is 34.7 Å². The molecule has 3 N–H and O–H groups in total. The molecule has 9 heteroatoms. The number of amides is 2. The molecule has 0 bridgehead atoms. The first-order valence-electron chi connectivity index (χ1n) is 13.9. The van der Waals surface area contributed by atoms with Gasteiger partial charge in [-0.2, -0.15) is 0 Å². The Morgan fingerprint density at radius 1 is 1.00 bits per heavy atom. The molecule has 5 rings (SSSR count). The number of rotatable bonds is 11. The van der Waals surface area contributed by atoms with E-state index >= 15 is 0 Å². The molecule has 214 valence electrons. The zero-order valence-corrected chi connectivity index (χ0v) is 23.9. The number of nitrogens with zero attached hydrogens (tertiary/aromatic N) is 1. The van der Waals surface area contributed by atoms with Crippen LogP contribution in [0.3, 0.4) is 0 Å². The van der Waals surface area contributed by atoms with Crippen LogP contribution in [0.25, 0.3) is 10.9 Å². The van der Waals surface area contributed by atoms with Gasteiger partial charge in [-0.1, -0.05) is 0 Å². The third-order valence-electron chi connectivity index (χ3n) is 7.38. The summed E-state index contributed by atoms with van der Waals surface area (Å²) >= 11 is 0. The van der Waals surface area contributed by atoms with Crippen molar-refractivity contribution >= 4 is 34.1 Å². The van der Waals surface area contributed by atoms with Crippen LogP contribution >= 0.6 is 0 Å². The largest absolute Gasteiger partial charge is 0.497 e. The Morgan fingerprint density at radius 3 is 2.46 bits per heavy atom. The third kappa shape index (κ3) is 6.00. The summed E-state index contributed by atoms with van der Waals surface area (Å²) in [5.41, 5.74) is 4.88. The Bertz CT molecular complexity index is 1560. The van der Waals surface area contributed by atoms with Gasteiger partial charge in [-0.05, 0) is 100 Å². The number of hydrogen-bond donors (Lipinski definition) is 3. The lowest BCUT2D eigenvalue weighted by Crippen LogP contribution is -2.23. The van der Waals surface area contributed by atoms with Gasteiger partial charge in [0.25, 0.3) is 0 Å². The SMILES string of the molecule is CCn1c(C)c(CC2Oc3ccc(NC(=O)Nc4ccc(OCCCNC)cc4)cc3C2=O)c2cc(OC)ccc21. The predicted octanol–water partition coefficient (Wildman–Crippen LogP) is 5.80. The zero-order chi connectivity index (χ0) is 28.9. The van der Waals surface area contributed by atoms with E-state index in [2.05, 4.69) is 40.4 Å². The van der Waals surface area contributed by atoms with Crippen molar-refractivity contribution in [3.8, 4) is 17.2 Å². The summed E-state index contributed by atoms with van der Waals surface area (Å²) in [4.78, 5) is 26.1. The lowest BCUT2D eigenvalue weighted by Gasteiger charge is -2.11. The fourth-order valence-electron chi connectivity index (χ4n) is 5.29. The molecule has 0 aliphatic carbocycles. The number of ether oxygens (including phenoxy) is 3. The molecule has 2 heterocycles. The number of aromatic nitrogens is 1. The van der Waals surface area contributed by atoms with Gasteiger partial charge in [0, 0.05) is 40.9 Å². The molecular formula is C32H36N4O5. The van der Waals surface area contributed by atoms with E-state index < -0.39 is 12.1 Å². The van der Waals surface area contributed by atoms with Crippen LogP contribution in [0.4, 0.5) is 16.2 Å². The summed E-state index contributed by atoms with van der Waals surface area (Å²) in [5.74, 6) is 1.93. The van der Waals surface area contributed by atoms with Crippen molar-refractivity contribution in [2.24, 2.45) is 0 Å². The number of urea groups is 1. The zero-order valence-electron chi connectivity index (χ0n) is 23.9. The van der Waals surface area contributed by atoms with Gasteiger partial charge in [-0.25, -0.2) is 4.79 Å². The highest BCUT2D eigenvalue weighted by Crippen LogP contribution is 2.36. The molecule has 0 spiro atoms. The Balaban J connectivity index is 1.24. The number of benzene rings is 3. The summed E-state index contributed by atoms with van der Waals surface area (Å²) in [6.45, 7) is 6.51. The summed E-state index contributed by atoms with van der Waals surface area (Å²) in [5, 5.41) is 9.76. The molecule has 1 unspecified atom stereocenters. The van der Waals surface area contributed by atoms with E-state index in [9.17, 15) is 9.59 Å². The molecule has 3 aromatic carbocycles. The number of carbonyl (C=O) groups excluding carboxylic acids is 2. The maximum absolute atomic E-state index is 13.4. The van der Waals surface area contributed by atoms with Crippen molar-refractivity contribution in [2.75, 3.05) is 37.9 Å². The Morgan fingerprint density at radius 2 is 1.73 bits per heavy atom. The molecule has 1 aromatic heterocycles. The minimum atomic E-state index is -0.645. The van der Waals surface area contributed by atoms with Crippen molar-refractivity contribution in [1.82, 2.24) is 9.88 Å². The molecular weight excluding hydrogens is 520 g/mol. The second kappa shape index (κ2) is 12.3. The summed E-state index contributed by atoms with van der Waals surface area (Å²) in [6.07, 6.45) is 0.703. The number of nitrogens with one attached hydrogen (secondary N) is 3. The maximum Gasteiger partial charge on any atom is 0.323 e. The maximum atomic E-state index is 13.4. The normalized spacial score (nSPS) is 14.0. The minimum absolute atomic E-state index is 0.103. The summed E-state index contributed by atoms with van der Waals surface area (Å²) < 4.78 is 19.5. The fraction of sp³-hybridized carbons (Fsp3) is 0.312. The van der Waals surface area contributed by atoms with Crippen molar-refractivity contribution < 1.29 is 23.8 Å². The molecule has 0 fully saturated rings. The number of methoxy groups -OCH3 is 1. The Hall–Kier alpha value is -4.50. The van der Waals surface area contributed by atoms with Crippen molar-refractivity contribution in [3.63, 3.8) is 0 Å². The smallest absolute Gasteiger partial charge is 0.323 e. The van der Waals surface area contributed by atoms with Crippen LogP contribution in [0.5, 0.6) is 17.2 Å². The number of ketones is 1. The molecule has 4 aromatic rings. The van der Waals surface area contributed by atoms with Crippen molar-refractivity contribution in [2.45, 2.75) is 39.3 Å². The number of Topliss-reactive ketones (excluding diaryl/α,β-unsaturated/α-hetero) is 1. The molecule has 0 radical (unpaired) electrons. The molecule has 2 amide bonds. The van der Waals surface area contributed by atoms with Gasteiger partial charge in [-0.15, -0.1) is 0 Å². The van der Waals surface area contributed by atoms with Gasteiger partial charge >= 0.3 is 6.03 Å². The standard InChI is InChI=1S/C32H36N4O5/c1-5-36-20(2)25(26-18-24(39-4)12-13-28(26)36)19-30-31(37)27-17-22(9-14-29(27)41-30)35-32(38)34-21-7-10-23(11-8-21)40-16-6-15-33-3/h7-14,17-18,30,33H,5-6,15-16,19H2,1-4H3,(H2,34,35,38). The van der Waals surface area contributed by atoms with Gasteiger partial charge in [0.1, 0.15) is 17.2 Å². The van der Waals surface area contributed by atoms with Crippen LogP contribution in [-0.2, 0) is 13.0 Å². The second-order valence-electron chi connectivity index (χ2n) is 9.99. The average Bonchev–Trinajstić information content (AvgIpc) is 3.43. The van der Waals surface area contributed by atoms with Crippen LogP contribution in [-0.4, -0.2) is 49.8 Å². The van der Waals surface area contributed by atoms with Crippen LogP contribution in [0.2, 0.25) is 0 Å². The number of carbonyl (C=O) groups is 2. The van der Waals surface area contributed by atoms with Gasteiger partial charge in [0.2, 0.25) is 5.78 Å². The van der Waals surface area contributed by atoms with Gasteiger partial charge in [0.05, 0.1) is 19.3 Å².